The molecule has 1 N–H and O–H groups in total. The number of pyridine rings is 1. The number of aromatic nitrogens is 3. The summed E-state index contributed by atoms with van der Waals surface area (Å²) in [6, 6.07) is 10.8. The smallest absolute Gasteiger partial charge is 0.251 e. The van der Waals surface area contributed by atoms with Crippen LogP contribution in [0.25, 0.3) is 22.4 Å². The highest BCUT2D eigenvalue weighted by Crippen LogP contribution is 2.29. The average molecular weight is 350 g/mol. The Morgan fingerprint density at radius 3 is 2.96 bits per heavy atom. The fourth-order valence-electron chi connectivity index (χ4n) is 2.51. The minimum Gasteiger partial charge on any atom is -0.356 e. The van der Waals surface area contributed by atoms with Crippen molar-refractivity contribution in [3.05, 3.63) is 64.2 Å². The van der Waals surface area contributed by atoms with Crippen molar-refractivity contribution in [1.29, 1.82) is 0 Å². The van der Waals surface area contributed by atoms with Gasteiger partial charge in [0.15, 0.2) is 5.58 Å². The number of fused-ring (bicyclic) bond motifs is 1. The number of carbonyl (C=O) groups excluding carboxylic acids is 1. The van der Waals surface area contributed by atoms with Gasteiger partial charge in [0, 0.05) is 17.1 Å². The number of hydrogen-bond acceptors (Lipinski definition) is 6. The zero-order valence-electron chi connectivity index (χ0n) is 13.4. The molecule has 25 heavy (non-hydrogen) atoms. The van der Waals surface area contributed by atoms with Crippen LogP contribution in [0.2, 0.25) is 0 Å². The standard InChI is InChI=1S/C18H14N4O2S/c1-11-21-15(10-25-11)17-14-8-12(5-6-16(14)24-22-17)18(23)20-9-13-4-2-3-7-19-13/h2-8,10H,9H2,1H3,(H,20,23). The number of amides is 1. The molecule has 0 fully saturated rings. The molecule has 124 valence electrons. The first-order valence-electron chi connectivity index (χ1n) is 7.71. The van der Waals surface area contributed by atoms with Crippen molar-refractivity contribution < 1.29 is 9.32 Å². The van der Waals surface area contributed by atoms with E-state index in [1.807, 2.05) is 30.5 Å². The number of thiazole rings is 1. The molecule has 1 amide bonds. The molecular formula is C18H14N4O2S. The first-order chi connectivity index (χ1) is 12.2. The van der Waals surface area contributed by atoms with Crippen molar-refractivity contribution in [2.75, 3.05) is 0 Å². The van der Waals surface area contributed by atoms with Crippen molar-refractivity contribution in [2.45, 2.75) is 13.5 Å². The van der Waals surface area contributed by atoms with Gasteiger partial charge < -0.3 is 9.84 Å². The largest absolute Gasteiger partial charge is 0.356 e. The van der Waals surface area contributed by atoms with E-state index in [0.29, 0.717) is 23.4 Å². The lowest BCUT2D eigenvalue weighted by molar-refractivity contribution is 0.0950. The van der Waals surface area contributed by atoms with Crippen LogP contribution in [0.3, 0.4) is 0 Å². The van der Waals surface area contributed by atoms with Gasteiger partial charge >= 0.3 is 0 Å². The van der Waals surface area contributed by atoms with Crippen molar-refractivity contribution in [3.63, 3.8) is 0 Å². The number of nitrogens with one attached hydrogen (secondary N) is 1. The van der Waals surface area contributed by atoms with E-state index in [-0.39, 0.29) is 5.91 Å². The number of aryl methyl sites for hydroxylation is 1. The average Bonchev–Trinajstić information content (AvgIpc) is 3.25. The molecule has 7 heteroatoms. The first-order valence-corrected chi connectivity index (χ1v) is 8.59. The van der Waals surface area contributed by atoms with E-state index in [1.165, 1.54) is 0 Å². The topological polar surface area (TPSA) is 80.9 Å². The molecular weight excluding hydrogens is 336 g/mol. The summed E-state index contributed by atoms with van der Waals surface area (Å²) in [6.07, 6.45) is 1.70. The van der Waals surface area contributed by atoms with Crippen LogP contribution in [-0.2, 0) is 6.54 Å². The zero-order chi connectivity index (χ0) is 17.2. The Hall–Kier alpha value is -3.06. The molecule has 0 saturated heterocycles. The van der Waals surface area contributed by atoms with Gasteiger partial charge in [0.25, 0.3) is 5.91 Å². The number of carbonyl (C=O) groups is 1. The van der Waals surface area contributed by atoms with E-state index in [4.69, 9.17) is 4.52 Å². The molecule has 3 aromatic heterocycles. The van der Waals surface area contributed by atoms with Gasteiger partial charge in [-0.15, -0.1) is 11.3 Å². The van der Waals surface area contributed by atoms with Gasteiger partial charge in [0.2, 0.25) is 0 Å². The van der Waals surface area contributed by atoms with E-state index in [0.717, 1.165) is 21.8 Å². The van der Waals surface area contributed by atoms with Crippen LogP contribution in [0.15, 0.2) is 52.5 Å². The number of rotatable bonds is 4. The minimum atomic E-state index is -0.172. The lowest BCUT2D eigenvalue weighted by Gasteiger charge is -2.04. The molecule has 0 spiro atoms. The van der Waals surface area contributed by atoms with Crippen molar-refractivity contribution in [3.8, 4) is 11.4 Å². The summed E-state index contributed by atoms with van der Waals surface area (Å²) < 4.78 is 5.35. The van der Waals surface area contributed by atoms with E-state index in [9.17, 15) is 4.79 Å². The van der Waals surface area contributed by atoms with Crippen LogP contribution in [0.1, 0.15) is 21.1 Å². The van der Waals surface area contributed by atoms with Gasteiger partial charge in [-0.3, -0.25) is 9.78 Å². The van der Waals surface area contributed by atoms with E-state index < -0.39 is 0 Å². The van der Waals surface area contributed by atoms with Gasteiger partial charge in [-0.05, 0) is 37.3 Å². The highest BCUT2D eigenvalue weighted by atomic mass is 32.1. The molecule has 0 atom stereocenters. The molecule has 0 aliphatic carbocycles. The molecule has 0 saturated carbocycles. The van der Waals surface area contributed by atoms with Gasteiger partial charge in [0.1, 0.15) is 11.4 Å². The van der Waals surface area contributed by atoms with E-state index in [1.54, 1.807) is 35.7 Å². The second-order valence-corrected chi connectivity index (χ2v) is 6.56. The molecule has 0 aliphatic heterocycles. The molecule has 4 rings (SSSR count). The Morgan fingerprint density at radius 2 is 2.20 bits per heavy atom. The molecule has 4 aromatic rings. The third kappa shape index (κ3) is 3.14. The van der Waals surface area contributed by atoms with E-state index >= 15 is 0 Å². The number of benzene rings is 1. The van der Waals surface area contributed by atoms with Crippen molar-refractivity contribution in [1.82, 2.24) is 20.4 Å². The van der Waals surface area contributed by atoms with Crippen LogP contribution in [0.4, 0.5) is 0 Å². The summed E-state index contributed by atoms with van der Waals surface area (Å²) >= 11 is 1.55. The summed E-state index contributed by atoms with van der Waals surface area (Å²) in [7, 11) is 0. The van der Waals surface area contributed by atoms with Crippen LogP contribution < -0.4 is 5.32 Å². The number of hydrogen-bond donors (Lipinski definition) is 1. The molecule has 3 heterocycles. The fourth-order valence-corrected chi connectivity index (χ4v) is 3.11. The van der Waals surface area contributed by atoms with Gasteiger partial charge in [0.05, 0.1) is 22.6 Å². The second-order valence-electron chi connectivity index (χ2n) is 5.50. The molecule has 1 aromatic carbocycles. The monoisotopic (exact) mass is 350 g/mol. The maximum Gasteiger partial charge on any atom is 0.251 e. The Balaban J connectivity index is 1.61. The van der Waals surface area contributed by atoms with Crippen LogP contribution in [-0.4, -0.2) is 21.0 Å². The summed E-state index contributed by atoms with van der Waals surface area (Å²) in [5.41, 5.74) is 3.38. The summed E-state index contributed by atoms with van der Waals surface area (Å²) in [6.45, 7) is 2.31. The Kier molecular flexibility index (Phi) is 3.99. The summed E-state index contributed by atoms with van der Waals surface area (Å²) in [4.78, 5) is 21.1. The SMILES string of the molecule is Cc1nc(-c2noc3ccc(C(=O)NCc4ccccn4)cc23)cs1. The maximum absolute atomic E-state index is 12.4. The van der Waals surface area contributed by atoms with Gasteiger partial charge in [-0.1, -0.05) is 11.2 Å². The fraction of sp³-hybridized carbons (Fsp3) is 0.111. The predicted molar refractivity (Wildman–Crippen MR) is 95.3 cm³/mol. The second kappa shape index (κ2) is 6.45. The minimum absolute atomic E-state index is 0.172. The predicted octanol–water partition coefficient (Wildman–Crippen LogP) is 3.58. The van der Waals surface area contributed by atoms with Crippen molar-refractivity contribution >= 4 is 28.2 Å². The quantitative estimate of drug-likeness (QED) is 0.608. The van der Waals surface area contributed by atoms with Crippen LogP contribution in [0.5, 0.6) is 0 Å². The Morgan fingerprint density at radius 1 is 1.28 bits per heavy atom. The summed E-state index contributed by atoms with van der Waals surface area (Å²) in [5.74, 6) is -0.172. The Labute approximate surface area is 147 Å². The van der Waals surface area contributed by atoms with E-state index in [2.05, 4.69) is 20.4 Å². The molecule has 0 bridgehead atoms. The molecule has 0 aliphatic rings. The lowest BCUT2D eigenvalue weighted by Crippen LogP contribution is -2.23. The van der Waals surface area contributed by atoms with Gasteiger partial charge in [-0.25, -0.2) is 4.98 Å². The lowest BCUT2D eigenvalue weighted by atomic mass is 10.1. The summed E-state index contributed by atoms with van der Waals surface area (Å²) in [5, 5.41) is 10.6. The molecule has 6 nitrogen and oxygen atoms in total. The zero-order valence-corrected chi connectivity index (χ0v) is 14.2. The maximum atomic E-state index is 12.4. The van der Waals surface area contributed by atoms with Crippen LogP contribution >= 0.6 is 11.3 Å². The normalized spacial score (nSPS) is 10.9. The highest BCUT2D eigenvalue weighted by Gasteiger charge is 2.15. The molecule has 0 radical (unpaired) electrons. The van der Waals surface area contributed by atoms with Gasteiger partial charge in [-0.2, -0.15) is 0 Å². The highest BCUT2D eigenvalue weighted by molar-refractivity contribution is 7.09. The Bertz CT molecular complexity index is 1040. The van der Waals surface area contributed by atoms with Crippen LogP contribution in [0, 0.1) is 6.92 Å². The number of nitrogens with zero attached hydrogens (tertiary/aromatic N) is 3. The van der Waals surface area contributed by atoms with Crippen molar-refractivity contribution in [2.24, 2.45) is 0 Å². The molecule has 0 unspecified atom stereocenters. The third-order valence-corrected chi connectivity index (χ3v) is 4.52. The third-order valence-electron chi connectivity index (χ3n) is 3.75. The first kappa shape index (κ1) is 15.5.